The van der Waals surface area contributed by atoms with Crippen LogP contribution in [0.15, 0.2) is 97.1 Å². The van der Waals surface area contributed by atoms with E-state index in [1.807, 2.05) is 0 Å². The maximum atomic E-state index is 14.4. The van der Waals surface area contributed by atoms with Gasteiger partial charge in [-0.2, -0.15) is 0 Å². The fourth-order valence-corrected chi connectivity index (χ4v) is 7.83. The van der Waals surface area contributed by atoms with Gasteiger partial charge in [-0.1, -0.05) is 24.3 Å². The molecule has 16 heteroatoms. The molecule has 0 aliphatic carbocycles. The fraction of sp³-hybridized carbons (Fsp3) is 0.176. The normalized spacial score (nSPS) is 26.0. The molecular formula is C34H22F2N6O8. The number of halogens is 2. The van der Waals surface area contributed by atoms with Crippen LogP contribution in [0.5, 0.6) is 0 Å². The lowest BCUT2D eigenvalue weighted by Gasteiger charge is -2.35. The van der Waals surface area contributed by atoms with Crippen LogP contribution in [0.25, 0.3) is 0 Å². The highest BCUT2D eigenvalue weighted by Gasteiger charge is 2.73. The molecule has 0 bridgehead atoms. The average Bonchev–Trinajstić information content (AvgIpc) is 3.77. The third-order valence-corrected chi connectivity index (χ3v) is 9.74. The van der Waals surface area contributed by atoms with Gasteiger partial charge in [0.2, 0.25) is 11.8 Å². The number of anilines is 2. The van der Waals surface area contributed by atoms with Crippen molar-refractivity contribution in [2.24, 2.45) is 11.8 Å². The Morgan fingerprint density at radius 1 is 0.500 bits per heavy atom. The highest BCUT2D eigenvalue weighted by Crippen LogP contribution is 2.60. The van der Waals surface area contributed by atoms with E-state index in [2.05, 4.69) is 0 Å². The number of fused-ring (bicyclic) bond motifs is 5. The molecule has 6 unspecified atom stereocenters. The average molecular weight is 681 g/mol. The minimum absolute atomic E-state index is 0.0565. The number of hydrogen-bond acceptors (Lipinski definition) is 10. The SMILES string of the molecule is O=C1C2C(C(=O)N1c1ccc(F)cc1)N1C(c3cccc([N+](=O)[O-])c3)C3C(=O)N(c4ccc(F)cc4)C(=O)C3N1C2c1cccc([N+](=O)[O-])c1. The van der Waals surface area contributed by atoms with E-state index in [9.17, 15) is 48.2 Å². The number of hydrazine groups is 1. The molecule has 4 amide bonds. The number of non-ortho nitro benzene ring substituents is 2. The second-order valence-corrected chi connectivity index (χ2v) is 12.3. The van der Waals surface area contributed by atoms with Gasteiger partial charge in [0, 0.05) is 24.3 Å². The molecule has 0 radical (unpaired) electrons. The minimum atomic E-state index is -1.38. The van der Waals surface area contributed by atoms with Gasteiger partial charge in [-0.05, 0) is 59.7 Å². The number of hydrogen-bond donors (Lipinski definition) is 0. The number of rotatable bonds is 6. The molecule has 4 aliphatic heterocycles. The summed E-state index contributed by atoms with van der Waals surface area (Å²) in [6, 6.07) is 14.8. The van der Waals surface area contributed by atoms with E-state index in [1.54, 1.807) is 0 Å². The molecule has 0 spiro atoms. The van der Waals surface area contributed by atoms with E-state index in [4.69, 9.17) is 0 Å². The molecule has 4 aliphatic rings. The first kappa shape index (κ1) is 31.0. The predicted octanol–water partition coefficient (Wildman–Crippen LogP) is 4.23. The van der Waals surface area contributed by atoms with Gasteiger partial charge in [0.05, 0.1) is 45.1 Å². The Bertz CT molecular complexity index is 2010. The Labute approximate surface area is 280 Å². The molecule has 4 heterocycles. The van der Waals surface area contributed by atoms with Crippen LogP contribution in [0, 0.1) is 43.7 Å². The van der Waals surface area contributed by atoms with Crippen molar-refractivity contribution in [1.82, 2.24) is 10.0 Å². The molecule has 4 saturated heterocycles. The zero-order chi connectivity index (χ0) is 35.2. The maximum absolute atomic E-state index is 14.4. The van der Waals surface area contributed by atoms with Gasteiger partial charge in [-0.25, -0.2) is 28.6 Å². The van der Waals surface area contributed by atoms with Crippen molar-refractivity contribution in [2.75, 3.05) is 9.80 Å². The number of nitrogens with zero attached hydrogens (tertiary/aromatic N) is 6. The molecule has 250 valence electrons. The monoisotopic (exact) mass is 680 g/mol. The minimum Gasteiger partial charge on any atom is -0.274 e. The summed E-state index contributed by atoms with van der Waals surface area (Å²) in [5.41, 5.74) is -0.174. The number of carbonyl (C=O) groups is 4. The van der Waals surface area contributed by atoms with Crippen LogP contribution in [0.4, 0.5) is 31.5 Å². The Balaban J connectivity index is 1.35. The standard InChI is InChI=1S/C34H22F2N6O8/c35-19-7-11-21(12-8-19)37-31(43)25-27(17-3-1-5-23(15-17)41(47)48)39-30-26(32(44)38(34(30)46)22-13-9-20(36)10-14-22)28(40(39)29(25)33(37)45)18-4-2-6-24(16-18)42(49)50/h1-16,25-30H. The van der Waals surface area contributed by atoms with Crippen molar-refractivity contribution in [3.05, 3.63) is 140 Å². The first-order valence-electron chi connectivity index (χ1n) is 15.3. The largest absolute Gasteiger partial charge is 0.274 e. The van der Waals surface area contributed by atoms with E-state index in [0.29, 0.717) is 0 Å². The summed E-state index contributed by atoms with van der Waals surface area (Å²) < 4.78 is 27.8. The van der Waals surface area contributed by atoms with Crippen LogP contribution < -0.4 is 9.80 Å². The number of carbonyl (C=O) groups excluding carboxylic acids is 4. The number of nitro benzene ring substituents is 2. The van der Waals surface area contributed by atoms with Gasteiger partial charge in [-0.3, -0.25) is 39.4 Å². The van der Waals surface area contributed by atoms with Crippen LogP contribution in [0.1, 0.15) is 23.2 Å². The van der Waals surface area contributed by atoms with Crippen LogP contribution in [0.3, 0.4) is 0 Å². The molecule has 4 fully saturated rings. The molecule has 0 N–H and O–H groups in total. The molecule has 4 aromatic rings. The quantitative estimate of drug-likeness (QED) is 0.163. The van der Waals surface area contributed by atoms with Crippen molar-refractivity contribution >= 4 is 46.4 Å². The van der Waals surface area contributed by atoms with E-state index < -0.39 is 81.1 Å². The summed E-state index contributed by atoms with van der Waals surface area (Å²) in [5.74, 6) is -6.83. The number of benzene rings is 4. The summed E-state index contributed by atoms with van der Waals surface area (Å²) in [6.07, 6.45) is 0. The molecular weight excluding hydrogens is 658 g/mol. The third kappa shape index (κ3) is 4.38. The lowest BCUT2D eigenvalue weighted by Crippen LogP contribution is -2.50. The van der Waals surface area contributed by atoms with E-state index in [1.165, 1.54) is 82.8 Å². The van der Waals surface area contributed by atoms with Crippen molar-refractivity contribution in [2.45, 2.75) is 24.2 Å². The first-order chi connectivity index (χ1) is 24.0. The van der Waals surface area contributed by atoms with E-state index in [0.717, 1.165) is 34.1 Å². The van der Waals surface area contributed by atoms with Crippen LogP contribution >= 0.6 is 0 Å². The van der Waals surface area contributed by atoms with Gasteiger partial charge in [-0.15, -0.1) is 0 Å². The zero-order valence-electron chi connectivity index (χ0n) is 25.4. The summed E-state index contributed by atoms with van der Waals surface area (Å²) >= 11 is 0. The molecule has 50 heavy (non-hydrogen) atoms. The first-order valence-corrected chi connectivity index (χ1v) is 15.3. The van der Waals surface area contributed by atoms with Gasteiger partial charge < -0.3 is 0 Å². The van der Waals surface area contributed by atoms with E-state index in [-0.39, 0.29) is 33.9 Å². The molecule has 14 nitrogen and oxygen atoms in total. The Morgan fingerprint density at radius 2 is 0.860 bits per heavy atom. The second-order valence-electron chi connectivity index (χ2n) is 12.3. The smallest absolute Gasteiger partial charge is 0.269 e. The Hall–Kier alpha value is -6.26. The summed E-state index contributed by atoms with van der Waals surface area (Å²) in [5, 5.41) is 26.6. The highest BCUT2D eigenvalue weighted by molar-refractivity contribution is 6.26. The predicted molar refractivity (Wildman–Crippen MR) is 168 cm³/mol. The highest BCUT2D eigenvalue weighted by atomic mass is 19.1. The van der Waals surface area contributed by atoms with Crippen molar-refractivity contribution in [3.8, 4) is 0 Å². The third-order valence-electron chi connectivity index (χ3n) is 9.74. The molecule has 4 aromatic carbocycles. The van der Waals surface area contributed by atoms with Crippen molar-refractivity contribution < 1.29 is 37.8 Å². The fourth-order valence-electron chi connectivity index (χ4n) is 7.83. The summed E-state index contributed by atoms with van der Waals surface area (Å²) in [4.78, 5) is 81.9. The topological polar surface area (TPSA) is 168 Å². The lowest BCUT2D eigenvalue weighted by molar-refractivity contribution is -0.385. The summed E-state index contributed by atoms with van der Waals surface area (Å²) in [6.45, 7) is 0. The lowest BCUT2D eigenvalue weighted by atomic mass is 9.84. The molecule has 6 atom stereocenters. The van der Waals surface area contributed by atoms with Crippen LogP contribution in [-0.4, -0.2) is 55.6 Å². The van der Waals surface area contributed by atoms with Gasteiger partial charge >= 0.3 is 0 Å². The van der Waals surface area contributed by atoms with E-state index >= 15 is 0 Å². The molecule has 0 aromatic heterocycles. The van der Waals surface area contributed by atoms with Crippen molar-refractivity contribution in [1.29, 1.82) is 0 Å². The van der Waals surface area contributed by atoms with Crippen LogP contribution in [-0.2, 0) is 19.2 Å². The van der Waals surface area contributed by atoms with Gasteiger partial charge in [0.15, 0.2) is 0 Å². The maximum Gasteiger partial charge on any atom is 0.269 e. The van der Waals surface area contributed by atoms with Gasteiger partial charge in [0.1, 0.15) is 23.7 Å². The molecule has 0 saturated carbocycles. The second kappa shape index (κ2) is 11.1. The van der Waals surface area contributed by atoms with Crippen molar-refractivity contribution in [3.63, 3.8) is 0 Å². The summed E-state index contributed by atoms with van der Waals surface area (Å²) in [7, 11) is 0. The molecule has 8 rings (SSSR count). The van der Waals surface area contributed by atoms with Gasteiger partial charge in [0.25, 0.3) is 23.2 Å². The Kier molecular flexibility index (Phi) is 6.92. The number of imide groups is 2. The van der Waals surface area contributed by atoms with Crippen LogP contribution in [0.2, 0.25) is 0 Å². The zero-order valence-corrected chi connectivity index (χ0v) is 25.4. The number of amides is 4. The Morgan fingerprint density at radius 3 is 1.20 bits per heavy atom. The number of nitro groups is 2.